The molecule has 0 amide bonds. The molecule has 2 atom stereocenters. The molecule has 21 heavy (non-hydrogen) atoms. The van der Waals surface area contributed by atoms with Crippen LogP contribution in [0.25, 0.3) is 0 Å². The molecule has 1 N–H and O–H groups in total. The van der Waals surface area contributed by atoms with Crippen LogP contribution >= 0.6 is 0 Å². The van der Waals surface area contributed by atoms with Gasteiger partial charge in [-0.15, -0.1) is 0 Å². The molecule has 2 unspecified atom stereocenters. The SMILES string of the molecule is CC1(C)CC2(CCNCC2c2cccc(F)c2)C(C)(C)O1. The van der Waals surface area contributed by atoms with Crippen molar-refractivity contribution in [2.45, 2.75) is 57.7 Å². The zero-order valence-corrected chi connectivity index (χ0v) is 13.5. The number of hydrogen-bond donors (Lipinski definition) is 1. The van der Waals surface area contributed by atoms with Crippen LogP contribution in [-0.4, -0.2) is 24.3 Å². The fourth-order valence-corrected chi connectivity index (χ4v) is 4.82. The van der Waals surface area contributed by atoms with Crippen molar-refractivity contribution in [3.63, 3.8) is 0 Å². The van der Waals surface area contributed by atoms with Crippen LogP contribution < -0.4 is 5.32 Å². The number of hydrogen-bond acceptors (Lipinski definition) is 2. The maximum absolute atomic E-state index is 13.7. The zero-order valence-electron chi connectivity index (χ0n) is 13.5. The van der Waals surface area contributed by atoms with Crippen LogP contribution in [0.1, 0.15) is 52.0 Å². The number of benzene rings is 1. The molecule has 3 rings (SSSR count). The van der Waals surface area contributed by atoms with E-state index in [1.54, 1.807) is 6.07 Å². The number of piperidine rings is 1. The lowest BCUT2D eigenvalue weighted by atomic mass is 9.58. The summed E-state index contributed by atoms with van der Waals surface area (Å²) in [7, 11) is 0. The Balaban J connectivity index is 2.06. The maximum Gasteiger partial charge on any atom is 0.123 e. The minimum atomic E-state index is -0.199. The summed E-state index contributed by atoms with van der Waals surface area (Å²) in [5.41, 5.74) is 0.842. The van der Waals surface area contributed by atoms with Gasteiger partial charge in [0.05, 0.1) is 11.2 Å². The number of halogens is 1. The molecule has 3 heteroatoms. The molecule has 2 aliphatic heterocycles. The quantitative estimate of drug-likeness (QED) is 0.848. The monoisotopic (exact) mass is 291 g/mol. The maximum atomic E-state index is 13.7. The van der Waals surface area contributed by atoms with Gasteiger partial charge in [-0.3, -0.25) is 0 Å². The second-order valence-corrected chi connectivity index (χ2v) is 7.77. The Kier molecular flexibility index (Phi) is 3.42. The first-order valence-corrected chi connectivity index (χ1v) is 7.92. The van der Waals surface area contributed by atoms with Crippen LogP contribution in [0.4, 0.5) is 4.39 Å². The molecule has 0 aliphatic carbocycles. The Labute approximate surface area is 127 Å². The zero-order chi connectivity index (χ0) is 15.3. The third-order valence-corrected chi connectivity index (χ3v) is 5.49. The summed E-state index contributed by atoms with van der Waals surface area (Å²) >= 11 is 0. The van der Waals surface area contributed by atoms with Gasteiger partial charge in [0.15, 0.2) is 0 Å². The molecular weight excluding hydrogens is 265 g/mol. The minimum absolute atomic E-state index is 0.0650. The fourth-order valence-electron chi connectivity index (χ4n) is 4.82. The summed E-state index contributed by atoms with van der Waals surface area (Å²) in [5, 5.41) is 3.49. The van der Waals surface area contributed by atoms with Crippen LogP contribution in [-0.2, 0) is 4.74 Å². The Hall–Kier alpha value is -0.930. The molecule has 0 radical (unpaired) electrons. The summed E-state index contributed by atoms with van der Waals surface area (Å²) in [4.78, 5) is 0. The van der Waals surface area contributed by atoms with Crippen LogP contribution in [0.2, 0.25) is 0 Å². The molecule has 1 aromatic rings. The van der Waals surface area contributed by atoms with E-state index < -0.39 is 0 Å². The third-order valence-electron chi connectivity index (χ3n) is 5.49. The van der Waals surface area contributed by atoms with E-state index in [1.165, 1.54) is 6.07 Å². The lowest BCUT2D eigenvalue weighted by Crippen LogP contribution is -2.52. The molecule has 2 heterocycles. The summed E-state index contributed by atoms with van der Waals surface area (Å²) in [6, 6.07) is 7.10. The third kappa shape index (κ3) is 2.40. The highest BCUT2D eigenvalue weighted by Gasteiger charge is 2.61. The van der Waals surface area contributed by atoms with E-state index in [0.29, 0.717) is 5.92 Å². The standard InChI is InChI=1S/C18H26FNO/c1-16(2)12-18(17(3,4)21-16)8-9-20-11-15(18)13-6-5-7-14(19)10-13/h5-7,10,15,20H,8-9,11-12H2,1-4H3. The topological polar surface area (TPSA) is 21.3 Å². The Morgan fingerprint density at radius 1 is 1.24 bits per heavy atom. The highest BCUT2D eigenvalue weighted by Crippen LogP contribution is 2.60. The summed E-state index contributed by atoms with van der Waals surface area (Å²) in [6.07, 6.45) is 2.10. The van der Waals surface area contributed by atoms with Gasteiger partial charge in [0, 0.05) is 17.9 Å². The molecule has 116 valence electrons. The van der Waals surface area contributed by atoms with Gasteiger partial charge in [-0.25, -0.2) is 4.39 Å². The normalized spacial score (nSPS) is 34.2. The smallest absolute Gasteiger partial charge is 0.123 e. The molecule has 0 saturated carbocycles. The molecule has 1 aromatic carbocycles. The average Bonchev–Trinajstić information content (AvgIpc) is 2.54. The Morgan fingerprint density at radius 2 is 2.00 bits per heavy atom. The van der Waals surface area contributed by atoms with Crippen LogP contribution in [0.15, 0.2) is 24.3 Å². The van der Waals surface area contributed by atoms with Gasteiger partial charge in [0.1, 0.15) is 5.82 Å². The van der Waals surface area contributed by atoms with Crippen molar-refractivity contribution >= 4 is 0 Å². The minimum Gasteiger partial charge on any atom is -0.369 e. The molecule has 0 bridgehead atoms. The molecule has 2 aliphatic rings. The van der Waals surface area contributed by atoms with Crippen molar-refractivity contribution in [3.05, 3.63) is 35.6 Å². The second-order valence-electron chi connectivity index (χ2n) is 7.77. The van der Waals surface area contributed by atoms with E-state index in [9.17, 15) is 4.39 Å². The van der Waals surface area contributed by atoms with Gasteiger partial charge in [0.2, 0.25) is 0 Å². The first-order chi connectivity index (χ1) is 9.76. The van der Waals surface area contributed by atoms with Crippen molar-refractivity contribution in [3.8, 4) is 0 Å². The molecule has 2 saturated heterocycles. The van der Waals surface area contributed by atoms with Gasteiger partial charge in [-0.05, 0) is 64.8 Å². The van der Waals surface area contributed by atoms with Crippen molar-refractivity contribution in [2.24, 2.45) is 5.41 Å². The summed E-state index contributed by atoms with van der Waals surface area (Å²) in [6.45, 7) is 10.7. The van der Waals surface area contributed by atoms with Crippen molar-refractivity contribution in [1.82, 2.24) is 5.32 Å². The van der Waals surface area contributed by atoms with E-state index in [1.807, 2.05) is 6.07 Å². The second kappa shape index (κ2) is 4.79. The van der Waals surface area contributed by atoms with Crippen molar-refractivity contribution in [1.29, 1.82) is 0 Å². The first kappa shape index (κ1) is 15.0. The van der Waals surface area contributed by atoms with Gasteiger partial charge >= 0.3 is 0 Å². The number of nitrogens with one attached hydrogen (secondary N) is 1. The van der Waals surface area contributed by atoms with E-state index in [2.05, 4.69) is 39.1 Å². The van der Waals surface area contributed by atoms with Crippen LogP contribution in [0.5, 0.6) is 0 Å². The van der Waals surface area contributed by atoms with E-state index >= 15 is 0 Å². The highest BCUT2D eigenvalue weighted by molar-refractivity contribution is 5.28. The molecule has 2 fully saturated rings. The van der Waals surface area contributed by atoms with Crippen molar-refractivity contribution in [2.75, 3.05) is 13.1 Å². The van der Waals surface area contributed by atoms with Gasteiger partial charge in [0.25, 0.3) is 0 Å². The molecule has 1 spiro atoms. The first-order valence-electron chi connectivity index (χ1n) is 7.92. The largest absolute Gasteiger partial charge is 0.369 e. The van der Waals surface area contributed by atoms with E-state index in [0.717, 1.165) is 31.5 Å². The molecule has 2 nitrogen and oxygen atoms in total. The Bertz CT molecular complexity index is 540. The van der Waals surface area contributed by atoms with E-state index in [4.69, 9.17) is 4.74 Å². The van der Waals surface area contributed by atoms with Crippen LogP contribution in [0, 0.1) is 11.2 Å². The highest BCUT2D eigenvalue weighted by atomic mass is 19.1. The fraction of sp³-hybridized carbons (Fsp3) is 0.667. The Morgan fingerprint density at radius 3 is 2.62 bits per heavy atom. The predicted molar refractivity (Wildman–Crippen MR) is 82.9 cm³/mol. The van der Waals surface area contributed by atoms with Crippen molar-refractivity contribution < 1.29 is 9.13 Å². The van der Waals surface area contributed by atoms with Gasteiger partial charge in [-0.1, -0.05) is 12.1 Å². The lowest BCUT2D eigenvalue weighted by molar-refractivity contribution is -0.104. The molecule has 0 aromatic heterocycles. The lowest BCUT2D eigenvalue weighted by Gasteiger charge is -2.49. The number of ether oxygens (including phenoxy) is 1. The van der Waals surface area contributed by atoms with E-state index in [-0.39, 0.29) is 22.4 Å². The van der Waals surface area contributed by atoms with Gasteiger partial charge in [-0.2, -0.15) is 0 Å². The average molecular weight is 291 g/mol. The summed E-state index contributed by atoms with van der Waals surface area (Å²) < 4.78 is 20.1. The number of rotatable bonds is 1. The predicted octanol–water partition coefficient (Wildman–Crippen LogP) is 3.87. The summed E-state index contributed by atoms with van der Waals surface area (Å²) in [5.74, 6) is 0.142. The van der Waals surface area contributed by atoms with Crippen LogP contribution in [0.3, 0.4) is 0 Å². The van der Waals surface area contributed by atoms with Gasteiger partial charge < -0.3 is 10.1 Å². The molecular formula is C18H26FNO.